The molecular weight excluding hydrogens is 246 g/mol. The highest BCUT2D eigenvalue weighted by molar-refractivity contribution is 6.31. The SMILES string of the molecule is CNC(c1ccc(C)c(Cl)c1)C(OC)C(C)(C)C. The van der Waals surface area contributed by atoms with Crippen LogP contribution in [0.2, 0.25) is 5.02 Å². The maximum Gasteiger partial charge on any atom is 0.0813 e. The molecule has 0 saturated heterocycles. The lowest BCUT2D eigenvalue weighted by atomic mass is 9.82. The number of rotatable bonds is 4. The van der Waals surface area contributed by atoms with Gasteiger partial charge in [-0.1, -0.05) is 44.5 Å². The van der Waals surface area contributed by atoms with E-state index in [-0.39, 0.29) is 17.6 Å². The molecule has 0 aliphatic heterocycles. The van der Waals surface area contributed by atoms with Gasteiger partial charge >= 0.3 is 0 Å². The van der Waals surface area contributed by atoms with Gasteiger partial charge in [0.15, 0.2) is 0 Å². The molecule has 0 fully saturated rings. The quantitative estimate of drug-likeness (QED) is 0.893. The van der Waals surface area contributed by atoms with Crippen molar-refractivity contribution >= 4 is 11.6 Å². The molecule has 1 aromatic rings. The van der Waals surface area contributed by atoms with Crippen molar-refractivity contribution in [2.45, 2.75) is 39.8 Å². The molecule has 2 unspecified atom stereocenters. The van der Waals surface area contributed by atoms with E-state index in [2.05, 4.69) is 38.2 Å². The summed E-state index contributed by atoms with van der Waals surface area (Å²) in [7, 11) is 3.71. The Morgan fingerprint density at radius 1 is 1.28 bits per heavy atom. The third-order valence-corrected chi connectivity index (χ3v) is 3.68. The lowest BCUT2D eigenvalue weighted by Gasteiger charge is -2.36. The number of hydrogen-bond acceptors (Lipinski definition) is 2. The molecule has 102 valence electrons. The van der Waals surface area contributed by atoms with E-state index in [0.717, 1.165) is 16.1 Å². The molecule has 1 rings (SSSR count). The zero-order valence-electron chi connectivity index (χ0n) is 12.2. The lowest BCUT2D eigenvalue weighted by molar-refractivity contribution is -0.0101. The van der Waals surface area contributed by atoms with Gasteiger partial charge in [-0.05, 0) is 36.6 Å². The molecule has 0 aromatic heterocycles. The van der Waals surface area contributed by atoms with E-state index in [1.54, 1.807) is 7.11 Å². The van der Waals surface area contributed by atoms with E-state index < -0.39 is 0 Å². The average molecular weight is 270 g/mol. The van der Waals surface area contributed by atoms with Crippen LogP contribution in [0, 0.1) is 12.3 Å². The van der Waals surface area contributed by atoms with Crippen LogP contribution in [0.3, 0.4) is 0 Å². The van der Waals surface area contributed by atoms with Crippen molar-refractivity contribution < 1.29 is 4.74 Å². The first-order valence-electron chi connectivity index (χ1n) is 6.27. The van der Waals surface area contributed by atoms with Gasteiger partial charge in [-0.15, -0.1) is 0 Å². The molecule has 18 heavy (non-hydrogen) atoms. The van der Waals surface area contributed by atoms with Crippen LogP contribution in [0.4, 0.5) is 0 Å². The van der Waals surface area contributed by atoms with Crippen molar-refractivity contribution in [3.8, 4) is 0 Å². The highest BCUT2D eigenvalue weighted by atomic mass is 35.5. The molecule has 0 saturated carbocycles. The average Bonchev–Trinajstić information content (AvgIpc) is 2.28. The van der Waals surface area contributed by atoms with E-state index in [1.807, 2.05) is 20.0 Å². The van der Waals surface area contributed by atoms with Crippen LogP contribution in [-0.4, -0.2) is 20.3 Å². The summed E-state index contributed by atoms with van der Waals surface area (Å²) in [6.45, 7) is 8.56. The topological polar surface area (TPSA) is 21.3 Å². The molecular formula is C15H24ClNO. The third kappa shape index (κ3) is 3.47. The predicted molar refractivity (Wildman–Crippen MR) is 78.2 cm³/mol. The summed E-state index contributed by atoms with van der Waals surface area (Å²) < 4.78 is 5.69. The van der Waals surface area contributed by atoms with Gasteiger partial charge in [-0.25, -0.2) is 0 Å². The summed E-state index contributed by atoms with van der Waals surface area (Å²) >= 11 is 6.21. The number of aryl methyl sites for hydroxylation is 1. The van der Waals surface area contributed by atoms with Gasteiger partial charge in [0.2, 0.25) is 0 Å². The number of hydrogen-bond donors (Lipinski definition) is 1. The number of benzene rings is 1. The van der Waals surface area contributed by atoms with Crippen molar-refractivity contribution in [1.82, 2.24) is 5.32 Å². The van der Waals surface area contributed by atoms with Crippen LogP contribution in [0.5, 0.6) is 0 Å². The van der Waals surface area contributed by atoms with Crippen LogP contribution in [0.15, 0.2) is 18.2 Å². The summed E-state index contributed by atoms with van der Waals surface area (Å²) in [6, 6.07) is 6.32. The Kier molecular flexibility index (Phi) is 5.20. The summed E-state index contributed by atoms with van der Waals surface area (Å²) in [6.07, 6.45) is 0.0845. The first kappa shape index (κ1) is 15.5. The monoisotopic (exact) mass is 269 g/mol. The molecule has 0 heterocycles. The van der Waals surface area contributed by atoms with Gasteiger partial charge in [-0.3, -0.25) is 0 Å². The van der Waals surface area contributed by atoms with Crippen LogP contribution in [0.1, 0.15) is 37.9 Å². The standard InChI is InChI=1S/C15H24ClNO/c1-10-7-8-11(9-12(10)16)13(17-5)14(18-6)15(2,3)4/h7-9,13-14,17H,1-6H3. The van der Waals surface area contributed by atoms with Gasteiger partial charge in [-0.2, -0.15) is 0 Å². The van der Waals surface area contributed by atoms with Gasteiger partial charge in [0, 0.05) is 12.1 Å². The summed E-state index contributed by atoms with van der Waals surface area (Å²) in [4.78, 5) is 0. The summed E-state index contributed by atoms with van der Waals surface area (Å²) in [5.74, 6) is 0. The Balaban J connectivity index is 3.12. The highest BCUT2D eigenvalue weighted by Gasteiger charge is 2.32. The van der Waals surface area contributed by atoms with Crippen LogP contribution in [0.25, 0.3) is 0 Å². The normalized spacial score (nSPS) is 15.5. The number of nitrogens with one attached hydrogen (secondary N) is 1. The fourth-order valence-electron chi connectivity index (χ4n) is 2.29. The number of methoxy groups -OCH3 is 1. The molecule has 0 spiro atoms. The van der Waals surface area contributed by atoms with Gasteiger partial charge in [0.25, 0.3) is 0 Å². The molecule has 1 N–H and O–H groups in total. The predicted octanol–water partition coefficient (Wildman–Crippen LogP) is 3.97. The summed E-state index contributed by atoms with van der Waals surface area (Å²) in [5.41, 5.74) is 2.31. The second kappa shape index (κ2) is 6.05. The maximum absolute atomic E-state index is 6.21. The van der Waals surface area contributed by atoms with Crippen molar-refractivity contribution in [3.05, 3.63) is 34.3 Å². The molecule has 0 radical (unpaired) electrons. The fourth-order valence-corrected chi connectivity index (χ4v) is 2.47. The van der Waals surface area contributed by atoms with Crippen LogP contribution < -0.4 is 5.32 Å². The first-order valence-corrected chi connectivity index (χ1v) is 6.65. The minimum atomic E-state index is 0.0553. The Hall–Kier alpha value is -0.570. The Morgan fingerprint density at radius 3 is 2.28 bits per heavy atom. The van der Waals surface area contributed by atoms with Crippen LogP contribution in [-0.2, 0) is 4.74 Å². The highest BCUT2D eigenvalue weighted by Crippen LogP contribution is 2.33. The lowest BCUT2D eigenvalue weighted by Crippen LogP contribution is -2.40. The second-order valence-corrected chi connectivity index (χ2v) is 6.20. The van der Waals surface area contributed by atoms with Crippen molar-refractivity contribution in [2.75, 3.05) is 14.2 Å². The second-order valence-electron chi connectivity index (χ2n) is 5.80. The van der Waals surface area contributed by atoms with E-state index >= 15 is 0 Å². The Labute approximate surface area is 116 Å². The third-order valence-electron chi connectivity index (χ3n) is 3.28. The number of ether oxygens (including phenoxy) is 1. The van der Waals surface area contributed by atoms with Gasteiger partial charge in [0.1, 0.15) is 0 Å². The molecule has 0 amide bonds. The van der Waals surface area contributed by atoms with E-state index in [0.29, 0.717) is 0 Å². The first-order chi connectivity index (χ1) is 8.31. The smallest absolute Gasteiger partial charge is 0.0813 e. The Bertz CT molecular complexity index is 398. The Morgan fingerprint density at radius 2 is 1.89 bits per heavy atom. The van der Waals surface area contributed by atoms with E-state index in [9.17, 15) is 0 Å². The van der Waals surface area contributed by atoms with E-state index in [4.69, 9.17) is 16.3 Å². The molecule has 0 aliphatic carbocycles. The largest absolute Gasteiger partial charge is 0.379 e. The molecule has 2 nitrogen and oxygen atoms in total. The van der Waals surface area contributed by atoms with E-state index in [1.165, 1.54) is 0 Å². The van der Waals surface area contributed by atoms with Crippen molar-refractivity contribution in [3.63, 3.8) is 0 Å². The minimum Gasteiger partial charge on any atom is -0.379 e. The van der Waals surface area contributed by atoms with Crippen LogP contribution >= 0.6 is 11.6 Å². The molecule has 0 aliphatic rings. The fraction of sp³-hybridized carbons (Fsp3) is 0.600. The summed E-state index contributed by atoms with van der Waals surface area (Å²) in [5, 5.41) is 4.14. The number of likely N-dealkylation sites (N-methyl/N-ethyl adjacent to an activating group) is 1. The molecule has 1 aromatic carbocycles. The van der Waals surface area contributed by atoms with Gasteiger partial charge < -0.3 is 10.1 Å². The molecule has 3 heteroatoms. The van der Waals surface area contributed by atoms with Crippen molar-refractivity contribution in [1.29, 1.82) is 0 Å². The zero-order valence-corrected chi connectivity index (χ0v) is 12.9. The maximum atomic E-state index is 6.21. The minimum absolute atomic E-state index is 0.0553. The molecule has 2 atom stereocenters. The van der Waals surface area contributed by atoms with Crippen molar-refractivity contribution in [2.24, 2.45) is 5.41 Å². The molecule has 0 bridgehead atoms. The van der Waals surface area contributed by atoms with Gasteiger partial charge in [0.05, 0.1) is 12.1 Å². The number of halogens is 1. The zero-order chi connectivity index (χ0) is 13.9.